The lowest BCUT2D eigenvalue weighted by Gasteiger charge is -2.29. The number of alkyl halides is 3. The van der Waals surface area contributed by atoms with Crippen molar-refractivity contribution in [3.05, 3.63) is 65.7 Å². The number of hydrogen-bond acceptors (Lipinski definition) is 5. The van der Waals surface area contributed by atoms with E-state index in [1.54, 1.807) is 24.3 Å². The minimum absolute atomic E-state index is 0.0444. The monoisotopic (exact) mass is 436 g/mol. The van der Waals surface area contributed by atoms with E-state index in [0.717, 1.165) is 17.0 Å². The minimum Gasteiger partial charge on any atom is -0.486 e. The maximum atomic E-state index is 13.8. The van der Waals surface area contributed by atoms with Crippen LogP contribution in [0.15, 0.2) is 48.5 Å². The van der Waals surface area contributed by atoms with Gasteiger partial charge in [0, 0.05) is 7.05 Å². The molecule has 0 N–H and O–H groups in total. The normalized spacial score (nSPS) is 15.6. The summed E-state index contributed by atoms with van der Waals surface area (Å²) in [6.07, 6.45) is -5.54. The van der Waals surface area contributed by atoms with Crippen molar-refractivity contribution in [1.29, 1.82) is 0 Å². The lowest BCUT2D eigenvalue weighted by Crippen LogP contribution is -2.42. The molecule has 2 heterocycles. The average Bonchev–Trinajstić information content (AvgIpc) is 3.19. The second kappa shape index (κ2) is 7.89. The highest BCUT2D eigenvalue weighted by molar-refractivity contribution is 5.93. The van der Waals surface area contributed by atoms with Crippen LogP contribution in [0.3, 0.4) is 0 Å². The molecule has 7 nitrogen and oxygen atoms in total. The van der Waals surface area contributed by atoms with Crippen molar-refractivity contribution >= 4 is 5.91 Å². The molecule has 0 bridgehead atoms. The molecule has 0 fully saturated rings. The zero-order chi connectivity index (χ0) is 22.2. The number of halogens is 4. The van der Waals surface area contributed by atoms with Crippen molar-refractivity contribution < 1.29 is 31.8 Å². The molecule has 31 heavy (non-hydrogen) atoms. The fraction of sp³-hybridized carbons (Fsp3) is 0.250. The van der Waals surface area contributed by atoms with Crippen molar-refractivity contribution in [1.82, 2.24) is 19.9 Å². The summed E-state index contributed by atoms with van der Waals surface area (Å²) in [5, 5.41) is 6.90. The standard InChI is InChI=1S/C20H16F4N4O3/c1-27(10-14-11-30-15-7-2-3-8-16(15)31-14)19(29)17-18(20(22,23)24)28(26-25-17)13-6-4-5-12(21)9-13/h2-9,14H,10-11H2,1H3. The highest BCUT2D eigenvalue weighted by atomic mass is 19.4. The van der Waals surface area contributed by atoms with Gasteiger partial charge in [-0.25, -0.2) is 9.07 Å². The Morgan fingerprint density at radius 1 is 1.19 bits per heavy atom. The van der Waals surface area contributed by atoms with Gasteiger partial charge in [0.2, 0.25) is 0 Å². The first-order valence-corrected chi connectivity index (χ1v) is 9.17. The molecular weight excluding hydrogens is 420 g/mol. The molecule has 1 aliphatic rings. The van der Waals surface area contributed by atoms with Crippen molar-refractivity contribution in [2.24, 2.45) is 0 Å². The van der Waals surface area contributed by atoms with E-state index in [-0.39, 0.29) is 18.8 Å². The summed E-state index contributed by atoms with van der Waals surface area (Å²) in [4.78, 5) is 13.8. The van der Waals surface area contributed by atoms with Crippen LogP contribution in [0.1, 0.15) is 16.2 Å². The summed E-state index contributed by atoms with van der Waals surface area (Å²) in [7, 11) is 1.33. The molecule has 1 amide bonds. The molecule has 3 aromatic rings. The topological polar surface area (TPSA) is 69.5 Å². The highest BCUT2D eigenvalue weighted by Gasteiger charge is 2.43. The van der Waals surface area contributed by atoms with Crippen LogP contribution < -0.4 is 9.47 Å². The maximum absolute atomic E-state index is 13.8. The minimum atomic E-state index is -4.95. The van der Waals surface area contributed by atoms with Gasteiger partial charge in [0.25, 0.3) is 5.91 Å². The van der Waals surface area contributed by atoms with Crippen LogP contribution in [0, 0.1) is 5.82 Å². The highest BCUT2D eigenvalue weighted by Crippen LogP contribution is 2.34. The van der Waals surface area contributed by atoms with Gasteiger partial charge in [-0.15, -0.1) is 5.10 Å². The van der Waals surface area contributed by atoms with E-state index in [9.17, 15) is 22.4 Å². The average molecular weight is 436 g/mol. The van der Waals surface area contributed by atoms with Gasteiger partial charge < -0.3 is 14.4 Å². The van der Waals surface area contributed by atoms with E-state index < -0.39 is 35.4 Å². The van der Waals surface area contributed by atoms with E-state index in [4.69, 9.17) is 9.47 Å². The van der Waals surface area contributed by atoms with Crippen LogP contribution in [-0.4, -0.2) is 52.1 Å². The van der Waals surface area contributed by atoms with Gasteiger partial charge >= 0.3 is 6.18 Å². The number of carbonyl (C=O) groups is 1. The van der Waals surface area contributed by atoms with E-state index in [1.165, 1.54) is 19.2 Å². The second-order valence-electron chi connectivity index (χ2n) is 6.86. The van der Waals surface area contributed by atoms with E-state index in [0.29, 0.717) is 16.2 Å². The summed E-state index contributed by atoms with van der Waals surface area (Å²) in [5.74, 6) is -0.726. The zero-order valence-electron chi connectivity index (χ0n) is 16.1. The molecule has 0 saturated heterocycles. The summed E-state index contributed by atoms with van der Waals surface area (Å²) >= 11 is 0. The number of rotatable bonds is 4. The largest absolute Gasteiger partial charge is 0.486 e. The number of ether oxygens (including phenoxy) is 2. The Morgan fingerprint density at radius 3 is 2.65 bits per heavy atom. The Balaban J connectivity index is 1.58. The number of benzene rings is 2. The Morgan fingerprint density at radius 2 is 1.94 bits per heavy atom. The predicted molar refractivity (Wildman–Crippen MR) is 99.6 cm³/mol. The molecule has 4 rings (SSSR count). The first kappa shape index (κ1) is 20.6. The first-order chi connectivity index (χ1) is 14.7. The Hall–Kier alpha value is -3.63. The SMILES string of the molecule is CN(CC1COc2ccccc2O1)C(=O)c1nnn(-c2cccc(F)c2)c1C(F)(F)F. The molecular formula is C20H16F4N4O3. The third-order valence-corrected chi connectivity index (χ3v) is 4.59. The summed E-state index contributed by atoms with van der Waals surface area (Å²) in [5.41, 5.74) is -2.49. The Labute approximate surface area is 173 Å². The van der Waals surface area contributed by atoms with Gasteiger partial charge in [0.05, 0.1) is 12.2 Å². The molecule has 0 spiro atoms. The van der Waals surface area contributed by atoms with E-state index in [1.807, 2.05) is 0 Å². The van der Waals surface area contributed by atoms with Gasteiger partial charge in [-0.3, -0.25) is 4.79 Å². The third kappa shape index (κ3) is 4.16. The second-order valence-corrected chi connectivity index (χ2v) is 6.86. The molecule has 0 aliphatic carbocycles. The van der Waals surface area contributed by atoms with Crippen LogP contribution in [0.25, 0.3) is 5.69 Å². The molecule has 1 aromatic heterocycles. The van der Waals surface area contributed by atoms with Crippen molar-refractivity contribution in [2.75, 3.05) is 20.2 Å². The third-order valence-electron chi connectivity index (χ3n) is 4.59. The van der Waals surface area contributed by atoms with E-state index in [2.05, 4.69) is 10.3 Å². The van der Waals surface area contributed by atoms with Crippen molar-refractivity contribution in [2.45, 2.75) is 12.3 Å². The van der Waals surface area contributed by atoms with Gasteiger partial charge in [-0.2, -0.15) is 13.2 Å². The molecule has 1 atom stereocenters. The van der Waals surface area contributed by atoms with Crippen LogP contribution in [-0.2, 0) is 6.18 Å². The fourth-order valence-electron chi connectivity index (χ4n) is 3.19. The lowest BCUT2D eigenvalue weighted by atomic mass is 10.2. The number of nitrogens with zero attached hydrogens (tertiary/aromatic N) is 4. The van der Waals surface area contributed by atoms with Crippen LogP contribution in [0.2, 0.25) is 0 Å². The molecule has 162 valence electrons. The summed E-state index contributed by atoms with van der Waals surface area (Å²) in [6, 6.07) is 11.4. The summed E-state index contributed by atoms with van der Waals surface area (Å²) in [6.45, 7) is 0.0774. The molecule has 1 aliphatic heterocycles. The lowest BCUT2D eigenvalue weighted by molar-refractivity contribution is -0.143. The molecule has 0 saturated carbocycles. The van der Waals surface area contributed by atoms with Crippen molar-refractivity contribution in [3.63, 3.8) is 0 Å². The Kier molecular flexibility index (Phi) is 5.25. The smallest absolute Gasteiger partial charge is 0.435 e. The van der Waals surface area contributed by atoms with Gasteiger partial charge in [0.1, 0.15) is 12.4 Å². The number of carbonyl (C=O) groups excluding carboxylic acids is 1. The fourth-order valence-corrected chi connectivity index (χ4v) is 3.19. The van der Waals surface area contributed by atoms with Crippen LogP contribution in [0.5, 0.6) is 11.5 Å². The quantitative estimate of drug-likeness (QED) is 0.587. The van der Waals surface area contributed by atoms with Crippen LogP contribution in [0.4, 0.5) is 17.6 Å². The van der Waals surface area contributed by atoms with Gasteiger partial charge in [-0.05, 0) is 30.3 Å². The van der Waals surface area contributed by atoms with Gasteiger partial charge in [-0.1, -0.05) is 23.4 Å². The number of para-hydroxylation sites is 2. The van der Waals surface area contributed by atoms with E-state index >= 15 is 0 Å². The Bertz CT molecular complexity index is 1120. The zero-order valence-corrected chi connectivity index (χ0v) is 16.1. The van der Waals surface area contributed by atoms with Gasteiger partial charge in [0.15, 0.2) is 29.0 Å². The number of fused-ring (bicyclic) bond motifs is 1. The number of likely N-dealkylation sites (N-methyl/N-ethyl adjacent to an activating group) is 1. The molecule has 0 radical (unpaired) electrons. The summed E-state index contributed by atoms with van der Waals surface area (Å²) < 4.78 is 66.5. The maximum Gasteiger partial charge on any atom is 0.435 e. The van der Waals surface area contributed by atoms with Crippen molar-refractivity contribution in [3.8, 4) is 17.2 Å². The number of amides is 1. The number of aromatic nitrogens is 3. The molecule has 1 unspecified atom stereocenters. The van der Waals surface area contributed by atoms with Crippen LogP contribution >= 0.6 is 0 Å². The molecule has 2 aromatic carbocycles. The predicted octanol–water partition coefficient (Wildman–Crippen LogP) is 3.34. The number of hydrogen-bond donors (Lipinski definition) is 0. The first-order valence-electron chi connectivity index (χ1n) is 9.17. The molecule has 11 heteroatoms.